The highest BCUT2D eigenvalue weighted by Gasteiger charge is 2.38. The van der Waals surface area contributed by atoms with E-state index in [-0.39, 0.29) is 0 Å². The molecule has 0 amide bonds. The molecule has 0 saturated carbocycles. The Bertz CT molecular complexity index is 1990. The van der Waals surface area contributed by atoms with Crippen LogP contribution in [-0.4, -0.2) is 8.07 Å². The molecule has 2 heterocycles. The molecule has 0 spiro atoms. The lowest BCUT2D eigenvalue weighted by atomic mass is 10.0. The second-order valence-electron chi connectivity index (χ2n) is 11.4. The third kappa shape index (κ3) is 4.51. The molecule has 0 aliphatic carbocycles. The number of hydrogen-bond donors (Lipinski definition) is 0. The Balaban J connectivity index is 1.23. The van der Waals surface area contributed by atoms with Crippen LogP contribution in [0.25, 0.3) is 11.1 Å². The molecular formula is C38H29NOS2Si. The molecule has 2 aliphatic rings. The number of ether oxygens (including phenoxy) is 1. The maximum Gasteiger partial charge on any atom is 0.151 e. The van der Waals surface area contributed by atoms with Gasteiger partial charge in [0.15, 0.2) is 5.75 Å². The first-order valence-electron chi connectivity index (χ1n) is 14.5. The Hall–Kier alpha value is -4.16. The average molecular weight is 608 g/mol. The SMILES string of the molecule is C[Si]1(C)c2ccccc2Oc2c(N(c3ccccc3)c3ccc(-c4cccc5c4Sc4ccccc4S5)cc3)cccc21. The summed E-state index contributed by atoms with van der Waals surface area (Å²) in [6.45, 7) is 4.85. The van der Waals surface area contributed by atoms with Crippen LogP contribution < -0.4 is 20.0 Å². The zero-order valence-electron chi connectivity index (χ0n) is 24.0. The molecule has 5 heteroatoms. The van der Waals surface area contributed by atoms with Crippen LogP contribution in [-0.2, 0) is 0 Å². The Morgan fingerprint density at radius 2 is 1.16 bits per heavy atom. The molecule has 2 nitrogen and oxygen atoms in total. The quantitative estimate of drug-likeness (QED) is 0.185. The van der Waals surface area contributed by atoms with Gasteiger partial charge in [0.25, 0.3) is 0 Å². The predicted octanol–water partition coefficient (Wildman–Crippen LogP) is 10.4. The van der Waals surface area contributed by atoms with Crippen LogP contribution in [0, 0.1) is 0 Å². The van der Waals surface area contributed by atoms with Gasteiger partial charge in [-0.05, 0) is 76.1 Å². The van der Waals surface area contributed by atoms with Gasteiger partial charge in [-0.2, -0.15) is 0 Å². The zero-order valence-corrected chi connectivity index (χ0v) is 26.6. The average Bonchev–Trinajstić information content (AvgIpc) is 3.05. The van der Waals surface area contributed by atoms with Crippen molar-refractivity contribution in [3.05, 3.63) is 140 Å². The van der Waals surface area contributed by atoms with E-state index in [1.807, 2.05) is 23.5 Å². The van der Waals surface area contributed by atoms with Gasteiger partial charge < -0.3 is 9.64 Å². The molecule has 0 fully saturated rings. The monoisotopic (exact) mass is 607 g/mol. The van der Waals surface area contributed by atoms with Crippen molar-refractivity contribution in [1.82, 2.24) is 0 Å². The lowest BCUT2D eigenvalue weighted by Crippen LogP contribution is -2.56. The van der Waals surface area contributed by atoms with Gasteiger partial charge in [-0.25, -0.2) is 0 Å². The minimum Gasteiger partial charge on any atom is -0.455 e. The fraction of sp³-hybridized carbons (Fsp3) is 0.0526. The largest absolute Gasteiger partial charge is 0.455 e. The Morgan fingerprint density at radius 1 is 0.535 bits per heavy atom. The van der Waals surface area contributed by atoms with E-state index in [2.05, 4.69) is 158 Å². The molecule has 0 bridgehead atoms. The van der Waals surface area contributed by atoms with Crippen molar-refractivity contribution in [2.24, 2.45) is 0 Å². The highest BCUT2D eigenvalue weighted by molar-refractivity contribution is 8.05. The van der Waals surface area contributed by atoms with Crippen molar-refractivity contribution in [1.29, 1.82) is 0 Å². The summed E-state index contributed by atoms with van der Waals surface area (Å²) in [5.74, 6) is 1.95. The van der Waals surface area contributed by atoms with Gasteiger partial charge >= 0.3 is 0 Å². The van der Waals surface area contributed by atoms with Crippen molar-refractivity contribution >= 4 is 59.0 Å². The first-order valence-corrected chi connectivity index (χ1v) is 19.2. The van der Waals surface area contributed by atoms with Crippen molar-refractivity contribution in [2.75, 3.05) is 4.90 Å². The Kier molecular flexibility index (Phi) is 6.48. The smallest absolute Gasteiger partial charge is 0.151 e. The maximum absolute atomic E-state index is 6.74. The van der Waals surface area contributed by atoms with Crippen molar-refractivity contribution in [3.63, 3.8) is 0 Å². The van der Waals surface area contributed by atoms with Crippen LogP contribution >= 0.6 is 23.5 Å². The normalized spacial score (nSPS) is 14.0. The van der Waals surface area contributed by atoms with Gasteiger partial charge in [0.1, 0.15) is 13.8 Å². The van der Waals surface area contributed by atoms with E-state index in [1.165, 1.54) is 41.1 Å². The lowest BCUT2D eigenvalue weighted by molar-refractivity contribution is 0.488. The van der Waals surface area contributed by atoms with Gasteiger partial charge in [0.05, 0.1) is 5.69 Å². The first kappa shape index (κ1) is 26.5. The highest BCUT2D eigenvalue weighted by Crippen LogP contribution is 2.52. The summed E-state index contributed by atoms with van der Waals surface area (Å²) in [7, 11) is -1.96. The Morgan fingerprint density at radius 3 is 1.98 bits per heavy atom. The van der Waals surface area contributed by atoms with Gasteiger partial charge in [-0.3, -0.25) is 0 Å². The van der Waals surface area contributed by atoms with Crippen LogP contribution in [0.2, 0.25) is 13.1 Å². The molecule has 2 aliphatic heterocycles. The highest BCUT2D eigenvalue weighted by atomic mass is 32.2. The van der Waals surface area contributed by atoms with Gasteiger partial charge in [-0.15, -0.1) is 0 Å². The molecular weight excluding hydrogens is 579 g/mol. The molecule has 0 unspecified atom stereocenters. The van der Waals surface area contributed by atoms with E-state index >= 15 is 0 Å². The van der Waals surface area contributed by atoms with E-state index in [0.29, 0.717) is 0 Å². The van der Waals surface area contributed by atoms with Crippen LogP contribution in [0.3, 0.4) is 0 Å². The summed E-state index contributed by atoms with van der Waals surface area (Å²) in [5.41, 5.74) is 5.75. The van der Waals surface area contributed by atoms with Crippen molar-refractivity contribution in [3.8, 4) is 22.6 Å². The summed E-state index contributed by atoms with van der Waals surface area (Å²) in [4.78, 5) is 7.63. The van der Waals surface area contributed by atoms with E-state index in [0.717, 1.165) is 28.6 Å². The summed E-state index contributed by atoms with van der Waals surface area (Å²) in [6, 6.07) is 50.2. The van der Waals surface area contributed by atoms with E-state index in [1.54, 1.807) is 0 Å². The van der Waals surface area contributed by atoms with Gasteiger partial charge in [0, 0.05) is 31.0 Å². The molecule has 8 rings (SSSR count). The number of para-hydroxylation sites is 3. The van der Waals surface area contributed by atoms with Crippen LogP contribution in [0.1, 0.15) is 0 Å². The number of nitrogens with zero attached hydrogens (tertiary/aromatic N) is 1. The lowest BCUT2D eigenvalue weighted by Gasteiger charge is -2.36. The van der Waals surface area contributed by atoms with Crippen LogP contribution in [0.4, 0.5) is 17.1 Å². The summed E-state index contributed by atoms with van der Waals surface area (Å²) < 4.78 is 6.74. The van der Waals surface area contributed by atoms with Crippen LogP contribution in [0.5, 0.6) is 11.5 Å². The van der Waals surface area contributed by atoms with E-state index in [9.17, 15) is 0 Å². The van der Waals surface area contributed by atoms with Gasteiger partial charge in [-0.1, -0.05) is 122 Å². The molecule has 43 heavy (non-hydrogen) atoms. The summed E-state index contributed by atoms with van der Waals surface area (Å²) >= 11 is 3.74. The Labute approximate surface area is 262 Å². The molecule has 0 N–H and O–H groups in total. The third-order valence-corrected chi connectivity index (χ3v) is 14.5. The molecule has 208 valence electrons. The predicted molar refractivity (Wildman–Crippen MR) is 185 cm³/mol. The minimum absolute atomic E-state index is 0.968. The van der Waals surface area contributed by atoms with Crippen LogP contribution in [0.15, 0.2) is 159 Å². The standard InChI is InChI=1S/C38H29NOS2Si/c1-43(2)35-20-9-6-16-31(35)40-37-30(15-11-21-36(37)43)39(27-12-4-3-5-13-27)28-24-22-26(23-25-28)29-14-10-19-34-38(29)42-33-18-8-7-17-32(33)41-34/h3-25H,1-2H3. The zero-order chi connectivity index (χ0) is 29.0. The summed E-state index contributed by atoms with van der Waals surface area (Å²) in [6.07, 6.45) is 0. The number of rotatable bonds is 4. The topological polar surface area (TPSA) is 12.5 Å². The second-order valence-corrected chi connectivity index (χ2v) is 17.8. The number of fused-ring (bicyclic) bond motifs is 4. The van der Waals surface area contributed by atoms with Crippen molar-refractivity contribution in [2.45, 2.75) is 32.7 Å². The fourth-order valence-electron chi connectivity index (χ4n) is 6.20. The molecule has 0 radical (unpaired) electrons. The van der Waals surface area contributed by atoms with Crippen molar-refractivity contribution < 1.29 is 4.74 Å². The third-order valence-electron chi connectivity index (χ3n) is 8.39. The fourth-order valence-corrected chi connectivity index (χ4v) is 11.4. The molecule has 6 aromatic carbocycles. The number of hydrogen-bond acceptors (Lipinski definition) is 4. The number of benzene rings is 6. The van der Waals surface area contributed by atoms with E-state index in [4.69, 9.17) is 4.74 Å². The molecule has 0 saturated heterocycles. The number of anilines is 3. The minimum atomic E-state index is -1.96. The molecule has 6 aromatic rings. The van der Waals surface area contributed by atoms with E-state index < -0.39 is 8.07 Å². The maximum atomic E-state index is 6.74. The first-order chi connectivity index (χ1) is 21.1. The molecule has 0 atom stereocenters. The molecule has 0 aromatic heterocycles. The summed E-state index contributed by atoms with van der Waals surface area (Å²) in [5, 5.41) is 2.67. The van der Waals surface area contributed by atoms with Gasteiger partial charge in [0.2, 0.25) is 0 Å². The second kappa shape index (κ2) is 10.5.